The molecule has 0 aliphatic carbocycles. The molecule has 2 heterocycles. The van der Waals surface area contributed by atoms with E-state index in [9.17, 15) is 4.79 Å². The highest BCUT2D eigenvalue weighted by Crippen LogP contribution is 2.38. The first kappa shape index (κ1) is 17.6. The second kappa shape index (κ2) is 7.79. The predicted molar refractivity (Wildman–Crippen MR) is 97.2 cm³/mol. The molecule has 134 valence electrons. The van der Waals surface area contributed by atoms with E-state index in [0.717, 1.165) is 5.56 Å². The van der Waals surface area contributed by atoms with Gasteiger partial charge in [0.1, 0.15) is 0 Å². The van der Waals surface area contributed by atoms with Crippen LogP contribution in [0, 0.1) is 0 Å². The van der Waals surface area contributed by atoms with Crippen molar-refractivity contribution >= 4 is 22.4 Å². The minimum atomic E-state index is -0.363. The average molecular weight is 372 g/mol. The van der Waals surface area contributed by atoms with Crippen molar-refractivity contribution in [3.8, 4) is 27.8 Å². The molecular formula is C17H16N4O4S. The van der Waals surface area contributed by atoms with Gasteiger partial charge in [-0.1, -0.05) is 11.3 Å². The summed E-state index contributed by atoms with van der Waals surface area (Å²) >= 11 is 1.26. The summed E-state index contributed by atoms with van der Waals surface area (Å²) in [5.41, 5.74) is 1.18. The topological polar surface area (TPSA) is 95.5 Å². The Morgan fingerprint density at radius 3 is 2.38 bits per heavy atom. The van der Waals surface area contributed by atoms with E-state index in [4.69, 9.17) is 14.2 Å². The summed E-state index contributed by atoms with van der Waals surface area (Å²) in [6.45, 7) is 0. The molecule has 1 aromatic carbocycles. The van der Waals surface area contributed by atoms with Crippen molar-refractivity contribution in [3.63, 3.8) is 0 Å². The normalized spacial score (nSPS) is 10.3. The third-order valence-corrected chi connectivity index (χ3v) is 4.37. The number of pyridine rings is 1. The SMILES string of the molecule is COc1cc(C(=O)Nc2nnc(-c3cccnc3)s2)cc(OC)c1OC. The first-order valence-electron chi connectivity index (χ1n) is 7.51. The van der Waals surface area contributed by atoms with Crippen LogP contribution in [0.25, 0.3) is 10.6 Å². The molecule has 9 heteroatoms. The molecule has 3 rings (SSSR count). The number of benzene rings is 1. The maximum atomic E-state index is 12.6. The number of carbonyl (C=O) groups is 1. The van der Waals surface area contributed by atoms with Crippen molar-refractivity contribution in [1.29, 1.82) is 0 Å². The van der Waals surface area contributed by atoms with E-state index in [-0.39, 0.29) is 5.91 Å². The monoisotopic (exact) mass is 372 g/mol. The number of ether oxygens (including phenoxy) is 3. The number of hydrogen-bond donors (Lipinski definition) is 1. The molecule has 1 amide bonds. The third kappa shape index (κ3) is 3.57. The largest absolute Gasteiger partial charge is 0.493 e. The van der Waals surface area contributed by atoms with Gasteiger partial charge >= 0.3 is 0 Å². The summed E-state index contributed by atoms with van der Waals surface area (Å²) in [5.74, 6) is 0.843. The second-order valence-corrected chi connectivity index (χ2v) is 6.00. The molecule has 0 fully saturated rings. The minimum absolute atomic E-state index is 0.345. The number of amides is 1. The lowest BCUT2D eigenvalue weighted by Gasteiger charge is -2.13. The van der Waals surface area contributed by atoms with Crippen LogP contribution in [-0.2, 0) is 0 Å². The summed E-state index contributed by atoms with van der Waals surface area (Å²) in [4.78, 5) is 16.6. The molecule has 0 atom stereocenters. The van der Waals surface area contributed by atoms with Crippen LogP contribution in [0.3, 0.4) is 0 Å². The molecule has 1 N–H and O–H groups in total. The summed E-state index contributed by atoms with van der Waals surface area (Å²) in [6, 6.07) is 6.82. The zero-order valence-electron chi connectivity index (χ0n) is 14.3. The Labute approximate surface area is 153 Å². The van der Waals surface area contributed by atoms with Gasteiger partial charge in [0.2, 0.25) is 10.9 Å². The van der Waals surface area contributed by atoms with Gasteiger partial charge in [0.15, 0.2) is 16.5 Å². The molecular weight excluding hydrogens is 356 g/mol. The fraction of sp³-hybridized carbons (Fsp3) is 0.176. The average Bonchev–Trinajstić information content (AvgIpc) is 3.15. The van der Waals surface area contributed by atoms with Crippen LogP contribution >= 0.6 is 11.3 Å². The quantitative estimate of drug-likeness (QED) is 0.711. The highest BCUT2D eigenvalue weighted by atomic mass is 32.1. The van der Waals surface area contributed by atoms with Gasteiger partial charge < -0.3 is 14.2 Å². The molecule has 0 aliphatic heterocycles. The maximum Gasteiger partial charge on any atom is 0.257 e. The molecule has 0 saturated carbocycles. The first-order valence-corrected chi connectivity index (χ1v) is 8.33. The number of anilines is 1. The lowest BCUT2D eigenvalue weighted by molar-refractivity contribution is 0.102. The van der Waals surface area contributed by atoms with Gasteiger partial charge in [-0.15, -0.1) is 10.2 Å². The van der Waals surface area contributed by atoms with Gasteiger partial charge in [-0.3, -0.25) is 15.1 Å². The van der Waals surface area contributed by atoms with Gasteiger partial charge in [0.05, 0.1) is 21.3 Å². The molecule has 0 spiro atoms. The Balaban J connectivity index is 1.83. The Hall–Kier alpha value is -3.20. The molecule has 8 nitrogen and oxygen atoms in total. The number of nitrogens with one attached hydrogen (secondary N) is 1. The van der Waals surface area contributed by atoms with Crippen molar-refractivity contribution in [2.24, 2.45) is 0 Å². The van der Waals surface area contributed by atoms with Crippen molar-refractivity contribution in [2.75, 3.05) is 26.6 Å². The van der Waals surface area contributed by atoms with Crippen LogP contribution in [0.2, 0.25) is 0 Å². The first-order chi connectivity index (χ1) is 12.7. The molecule has 0 saturated heterocycles. The predicted octanol–water partition coefficient (Wildman–Crippen LogP) is 2.88. The molecule has 0 bridgehead atoms. The number of aromatic nitrogens is 3. The fourth-order valence-electron chi connectivity index (χ4n) is 2.26. The Morgan fingerprint density at radius 1 is 1.08 bits per heavy atom. The van der Waals surface area contributed by atoms with Crippen LogP contribution in [0.15, 0.2) is 36.7 Å². The van der Waals surface area contributed by atoms with E-state index in [1.54, 1.807) is 24.5 Å². The molecule has 0 unspecified atom stereocenters. The van der Waals surface area contributed by atoms with E-state index in [1.807, 2.05) is 12.1 Å². The Kier molecular flexibility index (Phi) is 5.28. The van der Waals surface area contributed by atoms with E-state index < -0.39 is 0 Å². The lowest BCUT2D eigenvalue weighted by Crippen LogP contribution is -2.12. The summed E-state index contributed by atoms with van der Waals surface area (Å²) in [5, 5.41) is 11.8. The van der Waals surface area contributed by atoms with Crippen molar-refractivity contribution in [2.45, 2.75) is 0 Å². The van der Waals surface area contributed by atoms with E-state index in [0.29, 0.717) is 33.0 Å². The van der Waals surface area contributed by atoms with Gasteiger partial charge in [-0.05, 0) is 24.3 Å². The zero-order valence-corrected chi connectivity index (χ0v) is 15.2. The number of carbonyl (C=O) groups excluding carboxylic acids is 1. The summed E-state index contributed by atoms with van der Waals surface area (Å²) in [6.07, 6.45) is 3.36. The lowest BCUT2D eigenvalue weighted by atomic mass is 10.1. The van der Waals surface area contributed by atoms with E-state index in [2.05, 4.69) is 20.5 Å². The van der Waals surface area contributed by atoms with Crippen molar-refractivity contribution in [3.05, 3.63) is 42.2 Å². The Bertz CT molecular complexity index is 889. The molecule has 2 aromatic heterocycles. The minimum Gasteiger partial charge on any atom is -0.493 e. The smallest absolute Gasteiger partial charge is 0.257 e. The summed E-state index contributed by atoms with van der Waals surface area (Å²) < 4.78 is 15.8. The highest BCUT2D eigenvalue weighted by Gasteiger charge is 2.18. The summed E-state index contributed by atoms with van der Waals surface area (Å²) in [7, 11) is 4.48. The van der Waals surface area contributed by atoms with Crippen LogP contribution in [0.5, 0.6) is 17.2 Å². The van der Waals surface area contributed by atoms with Crippen molar-refractivity contribution in [1.82, 2.24) is 15.2 Å². The third-order valence-electron chi connectivity index (χ3n) is 3.48. The van der Waals surface area contributed by atoms with E-state index >= 15 is 0 Å². The molecule has 0 radical (unpaired) electrons. The van der Waals surface area contributed by atoms with Crippen molar-refractivity contribution < 1.29 is 19.0 Å². The van der Waals surface area contributed by atoms with Gasteiger partial charge in [-0.2, -0.15) is 0 Å². The molecule has 26 heavy (non-hydrogen) atoms. The van der Waals surface area contributed by atoms with Crippen LogP contribution in [0.1, 0.15) is 10.4 Å². The molecule has 3 aromatic rings. The zero-order chi connectivity index (χ0) is 18.5. The maximum absolute atomic E-state index is 12.6. The second-order valence-electron chi connectivity index (χ2n) is 5.02. The van der Waals surface area contributed by atoms with E-state index in [1.165, 1.54) is 32.7 Å². The fourth-order valence-corrected chi connectivity index (χ4v) is 2.99. The number of rotatable bonds is 6. The number of nitrogens with zero attached hydrogens (tertiary/aromatic N) is 3. The highest BCUT2D eigenvalue weighted by molar-refractivity contribution is 7.18. The Morgan fingerprint density at radius 2 is 1.81 bits per heavy atom. The van der Waals surface area contributed by atoms with Gasteiger partial charge in [0.25, 0.3) is 5.91 Å². The number of hydrogen-bond acceptors (Lipinski definition) is 8. The van der Waals surface area contributed by atoms with Crippen LogP contribution in [-0.4, -0.2) is 42.4 Å². The number of methoxy groups -OCH3 is 3. The van der Waals surface area contributed by atoms with Crippen LogP contribution < -0.4 is 19.5 Å². The standard InChI is InChI=1S/C17H16N4O4S/c1-23-12-7-11(8-13(24-2)14(12)25-3)15(22)19-17-21-20-16(26-17)10-5-4-6-18-9-10/h4-9H,1-3H3,(H,19,21,22). The van der Waals surface area contributed by atoms with Gasteiger partial charge in [-0.25, -0.2) is 0 Å². The van der Waals surface area contributed by atoms with Crippen LogP contribution in [0.4, 0.5) is 5.13 Å². The molecule has 0 aliphatic rings. The van der Waals surface area contributed by atoms with Gasteiger partial charge in [0, 0.05) is 23.5 Å².